The highest BCUT2D eigenvalue weighted by molar-refractivity contribution is 5.46. The summed E-state index contributed by atoms with van der Waals surface area (Å²) in [5.41, 5.74) is 1.22. The van der Waals surface area contributed by atoms with Crippen LogP contribution < -0.4 is 10.1 Å². The van der Waals surface area contributed by atoms with E-state index in [-0.39, 0.29) is 11.8 Å². The van der Waals surface area contributed by atoms with Gasteiger partial charge in [-0.15, -0.1) is 0 Å². The molecule has 1 atom stereocenters. The van der Waals surface area contributed by atoms with Gasteiger partial charge in [0.05, 0.1) is 18.7 Å². The molecule has 0 fully saturated rings. The second-order valence-corrected chi connectivity index (χ2v) is 4.33. The first kappa shape index (κ1) is 13.7. The highest BCUT2D eigenvalue weighted by Crippen LogP contribution is 2.30. The number of aromatic hydroxyl groups is 1. The maximum absolute atomic E-state index is 9.90. The van der Waals surface area contributed by atoms with Crippen LogP contribution in [0, 0.1) is 11.3 Å². The highest BCUT2D eigenvalue weighted by atomic mass is 16.5. The van der Waals surface area contributed by atoms with E-state index in [0.29, 0.717) is 17.1 Å². The first-order chi connectivity index (χ1) is 9.63. The summed E-state index contributed by atoms with van der Waals surface area (Å²) < 4.78 is 5.15. The topological polar surface area (TPSA) is 78.2 Å². The van der Waals surface area contributed by atoms with Crippen LogP contribution in [0.25, 0.3) is 0 Å². The summed E-state index contributed by atoms with van der Waals surface area (Å²) in [6, 6.07) is 10.4. The van der Waals surface area contributed by atoms with Crippen molar-refractivity contribution in [3.05, 3.63) is 47.7 Å². The zero-order chi connectivity index (χ0) is 14.5. The molecule has 20 heavy (non-hydrogen) atoms. The molecule has 1 heterocycles. The summed E-state index contributed by atoms with van der Waals surface area (Å²) in [7, 11) is 1.58. The van der Waals surface area contributed by atoms with Gasteiger partial charge in [0.2, 0.25) is 0 Å². The number of benzene rings is 1. The number of rotatable bonds is 4. The van der Waals surface area contributed by atoms with Crippen molar-refractivity contribution >= 4 is 5.82 Å². The van der Waals surface area contributed by atoms with E-state index in [1.165, 1.54) is 6.20 Å². The minimum Gasteiger partial charge on any atom is -0.508 e. The Labute approximate surface area is 117 Å². The molecule has 5 heteroatoms. The first-order valence-electron chi connectivity index (χ1n) is 6.13. The molecule has 2 rings (SSSR count). The smallest absolute Gasteiger partial charge is 0.126 e. The van der Waals surface area contributed by atoms with E-state index in [9.17, 15) is 5.11 Å². The van der Waals surface area contributed by atoms with Crippen molar-refractivity contribution in [2.24, 2.45) is 0 Å². The van der Waals surface area contributed by atoms with Gasteiger partial charge in [-0.2, -0.15) is 5.26 Å². The van der Waals surface area contributed by atoms with Crippen LogP contribution in [0.1, 0.15) is 24.1 Å². The average Bonchev–Trinajstić information content (AvgIpc) is 2.48. The number of nitriles is 1. The number of ether oxygens (including phenoxy) is 1. The number of methoxy groups -OCH3 is 1. The van der Waals surface area contributed by atoms with Crippen molar-refractivity contribution in [3.8, 4) is 17.6 Å². The standard InChI is InChI=1S/C15H15N3O2/c1-10(13-7-12(20-2)4-5-14(13)19)18-15-6-3-11(8-16)9-17-15/h3-7,9-10,19H,1-2H3,(H,17,18). The first-order valence-corrected chi connectivity index (χ1v) is 6.13. The molecule has 1 unspecified atom stereocenters. The number of hydrogen-bond acceptors (Lipinski definition) is 5. The molecular formula is C15H15N3O2. The summed E-state index contributed by atoms with van der Waals surface area (Å²) >= 11 is 0. The number of hydrogen-bond donors (Lipinski definition) is 2. The molecule has 2 aromatic rings. The summed E-state index contributed by atoms with van der Waals surface area (Å²) in [5.74, 6) is 1.51. The SMILES string of the molecule is COc1ccc(O)c(C(C)Nc2ccc(C#N)cn2)c1. The highest BCUT2D eigenvalue weighted by Gasteiger charge is 2.12. The molecule has 0 aliphatic carbocycles. The fraction of sp³-hybridized carbons (Fsp3) is 0.200. The number of pyridine rings is 1. The summed E-state index contributed by atoms with van der Waals surface area (Å²) in [5, 5.41) is 21.8. The third-order valence-corrected chi connectivity index (χ3v) is 2.96. The summed E-state index contributed by atoms with van der Waals surface area (Å²) in [6.07, 6.45) is 1.50. The monoisotopic (exact) mass is 269 g/mol. The number of aromatic nitrogens is 1. The van der Waals surface area contributed by atoms with Gasteiger partial charge in [-0.3, -0.25) is 0 Å². The lowest BCUT2D eigenvalue weighted by atomic mass is 10.1. The molecule has 2 N–H and O–H groups in total. The van der Waals surface area contributed by atoms with Crippen molar-refractivity contribution in [2.45, 2.75) is 13.0 Å². The van der Waals surface area contributed by atoms with Crippen LogP contribution in [0.5, 0.6) is 11.5 Å². The number of phenols is 1. The van der Waals surface area contributed by atoms with Crippen LogP contribution in [0.2, 0.25) is 0 Å². The molecule has 0 spiro atoms. The predicted molar refractivity (Wildman–Crippen MR) is 75.6 cm³/mol. The summed E-state index contributed by atoms with van der Waals surface area (Å²) in [4.78, 5) is 4.14. The minimum atomic E-state index is -0.148. The van der Waals surface area contributed by atoms with Gasteiger partial charge in [0.25, 0.3) is 0 Å². The molecule has 1 aromatic heterocycles. The molecule has 0 aliphatic rings. The third-order valence-electron chi connectivity index (χ3n) is 2.96. The Morgan fingerprint density at radius 1 is 1.35 bits per heavy atom. The molecule has 0 saturated heterocycles. The lowest BCUT2D eigenvalue weighted by molar-refractivity contribution is 0.410. The van der Waals surface area contributed by atoms with E-state index in [4.69, 9.17) is 10.00 Å². The zero-order valence-electron chi connectivity index (χ0n) is 11.3. The molecule has 1 aromatic carbocycles. The summed E-state index contributed by atoms with van der Waals surface area (Å²) in [6.45, 7) is 1.91. The van der Waals surface area contributed by atoms with Crippen molar-refractivity contribution in [1.82, 2.24) is 4.98 Å². The van der Waals surface area contributed by atoms with Gasteiger partial charge < -0.3 is 15.2 Å². The zero-order valence-corrected chi connectivity index (χ0v) is 11.3. The second kappa shape index (κ2) is 5.93. The Morgan fingerprint density at radius 2 is 2.15 bits per heavy atom. The Bertz CT molecular complexity index is 633. The molecule has 0 amide bonds. The molecule has 0 saturated carbocycles. The number of anilines is 1. The van der Waals surface area contributed by atoms with Crippen LogP contribution in [0.4, 0.5) is 5.82 Å². The van der Waals surface area contributed by atoms with Crippen LogP contribution >= 0.6 is 0 Å². The van der Waals surface area contributed by atoms with Crippen molar-refractivity contribution < 1.29 is 9.84 Å². The van der Waals surface area contributed by atoms with Gasteiger partial charge in [0, 0.05) is 11.8 Å². The maximum atomic E-state index is 9.90. The number of nitrogens with zero attached hydrogens (tertiary/aromatic N) is 2. The molecule has 0 aliphatic heterocycles. The van der Waals surface area contributed by atoms with Gasteiger partial charge in [-0.05, 0) is 37.3 Å². The Balaban J connectivity index is 2.18. The minimum absolute atomic E-state index is 0.148. The van der Waals surface area contributed by atoms with Crippen LogP contribution in [-0.2, 0) is 0 Å². The normalized spacial score (nSPS) is 11.4. The Kier molecular flexibility index (Phi) is 4.06. The maximum Gasteiger partial charge on any atom is 0.126 e. The quantitative estimate of drug-likeness (QED) is 0.892. The van der Waals surface area contributed by atoms with Gasteiger partial charge in [-0.25, -0.2) is 4.98 Å². The number of nitrogens with one attached hydrogen (secondary N) is 1. The van der Waals surface area contributed by atoms with E-state index < -0.39 is 0 Å². The second-order valence-electron chi connectivity index (χ2n) is 4.33. The van der Waals surface area contributed by atoms with Crippen molar-refractivity contribution in [3.63, 3.8) is 0 Å². The Hall–Kier alpha value is -2.74. The average molecular weight is 269 g/mol. The van der Waals surface area contributed by atoms with Crippen LogP contribution in [0.15, 0.2) is 36.5 Å². The molecule has 5 nitrogen and oxygen atoms in total. The molecule has 102 valence electrons. The van der Waals surface area contributed by atoms with E-state index in [1.54, 1.807) is 37.4 Å². The van der Waals surface area contributed by atoms with Gasteiger partial charge in [0.15, 0.2) is 0 Å². The molecular weight excluding hydrogens is 254 g/mol. The van der Waals surface area contributed by atoms with E-state index in [0.717, 1.165) is 5.56 Å². The van der Waals surface area contributed by atoms with Crippen LogP contribution in [-0.4, -0.2) is 17.2 Å². The lowest BCUT2D eigenvalue weighted by Gasteiger charge is -2.17. The fourth-order valence-electron chi connectivity index (χ4n) is 1.85. The van der Waals surface area contributed by atoms with E-state index >= 15 is 0 Å². The largest absolute Gasteiger partial charge is 0.508 e. The van der Waals surface area contributed by atoms with Gasteiger partial charge in [-0.1, -0.05) is 0 Å². The van der Waals surface area contributed by atoms with Gasteiger partial charge in [0.1, 0.15) is 23.4 Å². The molecule has 0 radical (unpaired) electrons. The predicted octanol–water partition coefficient (Wildman–Crippen LogP) is 2.84. The lowest BCUT2D eigenvalue weighted by Crippen LogP contribution is -2.08. The van der Waals surface area contributed by atoms with Crippen molar-refractivity contribution in [1.29, 1.82) is 5.26 Å². The fourth-order valence-corrected chi connectivity index (χ4v) is 1.85. The Morgan fingerprint density at radius 3 is 2.75 bits per heavy atom. The number of phenolic OH excluding ortho intramolecular Hbond substituents is 1. The van der Waals surface area contributed by atoms with Gasteiger partial charge >= 0.3 is 0 Å². The third kappa shape index (κ3) is 2.98. The molecule has 0 bridgehead atoms. The van der Waals surface area contributed by atoms with Crippen molar-refractivity contribution in [2.75, 3.05) is 12.4 Å². The van der Waals surface area contributed by atoms with Crippen LogP contribution in [0.3, 0.4) is 0 Å². The van der Waals surface area contributed by atoms with E-state index in [1.807, 2.05) is 13.0 Å². The van der Waals surface area contributed by atoms with E-state index in [2.05, 4.69) is 10.3 Å².